The number of nitrogens with zero attached hydrogens (tertiary/aromatic N) is 3. The fraction of sp³-hybridized carbons (Fsp3) is 0.867. The van der Waals surface area contributed by atoms with Gasteiger partial charge in [-0.2, -0.15) is 0 Å². The highest BCUT2D eigenvalue weighted by molar-refractivity contribution is 5.85. The molecule has 1 saturated heterocycles. The molecular weight excluding hydrogens is 252 g/mol. The van der Waals surface area contributed by atoms with Crippen LogP contribution in [0, 0.1) is 11.8 Å². The predicted octanol–water partition coefficient (Wildman–Crippen LogP) is 1.16. The monoisotopic (exact) mass is 280 g/mol. The Morgan fingerprint density at radius 2 is 1.95 bits per heavy atom. The van der Waals surface area contributed by atoms with Crippen molar-refractivity contribution in [3.05, 3.63) is 0 Å². The smallest absolute Gasteiger partial charge is 0.243 e. The third kappa shape index (κ3) is 4.12. The van der Waals surface area contributed by atoms with Gasteiger partial charge >= 0.3 is 0 Å². The van der Waals surface area contributed by atoms with Gasteiger partial charge in [0, 0.05) is 33.2 Å². The Hall–Kier alpha value is -1.26. The van der Waals surface area contributed by atoms with Crippen molar-refractivity contribution in [2.45, 2.75) is 39.2 Å². The van der Waals surface area contributed by atoms with Crippen molar-refractivity contribution >= 4 is 11.9 Å². The number of guanidine groups is 1. The zero-order valence-corrected chi connectivity index (χ0v) is 13.2. The van der Waals surface area contributed by atoms with Crippen LogP contribution in [0.2, 0.25) is 0 Å². The Balaban J connectivity index is 1.98. The minimum Gasteiger partial charge on any atom is -0.353 e. The van der Waals surface area contributed by atoms with Crippen molar-refractivity contribution in [3.8, 4) is 0 Å². The Labute approximate surface area is 122 Å². The van der Waals surface area contributed by atoms with Gasteiger partial charge in [-0.1, -0.05) is 13.8 Å². The molecule has 0 aromatic heterocycles. The van der Waals surface area contributed by atoms with Crippen molar-refractivity contribution in [3.63, 3.8) is 0 Å². The number of likely N-dealkylation sites (N-methyl/N-ethyl adjacent to an activating group) is 1. The highest BCUT2D eigenvalue weighted by atomic mass is 16.2. The van der Waals surface area contributed by atoms with Gasteiger partial charge in [0.25, 0.3) is 0 Å². The SMILES string of the molecule is CC1CCN(C(=NCC(=O)N(C)C)NC2CC2)CC1C. The summed E-state index contributed by atoms with van der Waals surface area (Å²) in [6.45, 7) is 6.94. The van der Waals surface area contributed by atoms with Crippen molar-refractivity contribution in [1.82, 2.24) is 15.1 Å². The lowest BCUT2D eigenvalue weighted by Gasteiger charge is -2.37. The zero-order valence-electron chi connectivity index (χ0n) is 13.2. The maximum atomic E-state index is 11.7. The van der Waals surface area contributed by atoms with E-state index in [9.17, 15) is 4.79 Å². The first kappa shape index (κ1) is 15.1. The number of piperidine rings is 1. The summed E-state index contributed by atoms with van der Waals surface area (Å²) in [4.78, 5) is 20.2. The molecule has 20 heavy (non-hydrogen) atoms. The van der Waals surface area contributed by atoms with Gasteiger partial charge in [0.05, 0.1) is 0 Å². The highest BCUT2D eigenvalue weighted by Crippen LogP contribution is 2.24. The van der Waals surface area contributed by atoms with Gasteiger partial charge in [-0.3, -0.25) is 4.79 Å². The van der Waals surface area contributed by atoms with Gasteiger partial charge in [0.1, 0.15) is 6.54 Å². The molecule has 2 fully saturated rings. The summed E-state index contributed by atoms with van der Waals surface area (Å²) < 4.78 is 0. The molecule has 0 aromatic rings. The number of aliphatic imine (C=N–C) groups is 1. The molecule has 2 aliphatic rings. The summed E-state index contributed by atoms with van der Waals surface area (Å²) in [6.07, 6.45) is 3.65. The van der Waals surface area contributed by atoms with Gasteiger partial charge in [-0.15, -0.1) is 0 Å². The molecule has 2 unspecified atom stereocenters. The van der Waals surface area contributed by atoms with Gasteiger partial charge in [-0.05, 0) is 31.1 Å². The third-order valence-electron chi connectivity index (χ3n) is 4.41. The topological polar surface area (TPSA) is 47.9 Å². The molecule has 5 nitrogen and oxygen atoms in total. The molecule has 2 rings (SSSR count). The van der Waals surface area contributed by atoms with Crippen molar-refractivity contribution in [2.24, 2.45) is 16.8 Å². The Morgan fingerprint density at radius 1 is 1.25 bits per heavy atom. The van der Waals surface area contributed by atoms with Crippen LogP contribution < -0.4 is 5.32 Å². The van der Waals surface area contributed by atoms with Crippen LogP contribution >= 0.6 is 0 Å². The first-order valence-electron chi connectivity index (χ1n) is 7.73. The van der Waals surface area contributed by atoms with Crippen LogP contribution in [0.25, 0.3) is 0 Å². The van der Waals surface area contributed by atoms with Crippen LogP contribution in [-0.4, -0.2) is 61.4 Å². The molecule has 1 amide bonds. The van der Waals surface area contributed by atoms with Crippen molar-refractivity contribution in [2.75, 3.05) is 33.7 Å². The minimum absolute atomic E-state index is 0.0542. The quantitative estimate of drug-likeness (QED) is 0.623. The standard InChI is InChI=1S/C15H28N4O/c1-11-7-8-19(10-12(11)2)15(17-13-5-6-13)16-9-14(20)18(3)4/h11-13H,5-10H2,1-4H3,(H,16,17). The van der Waals surface area contributed by atoms with E-state index in [1.165, 1.54) is 19.3 Å². The lowest BCUT2D eigenvalue weighted by Crippen LogP contribution is -2.49. The number of hydrogen-bond donors (Lipinski definition) is 1. The maximum Gasteiger partial charge on any atom is 0.243 e. The molecule has 1 heterocycles. The van der Waals surface area contributed by atoms with E-state index in [2.05, 4.69) is 29.1 Å². The first-order valence-corrected chi connectivity index (χ1v) is 7.73. The lowest BCUT2D eigenvalue weighted by molar-refractivity contribution is -0.127. The van der Waals surface area contributed by atoms with Crippen LogP contribution in [0.1, 0.15) is 33.1 Å². The summed E-state index contributed by atoms with van der Waals surface area (Å²) in [6, 6.07) is 0.567. The summed E-state index contributed by atoms with van der Waals surface area (Å²) in [7, 11) is 3.55. The van der Waals surface area contributed by atoms with E-state index in [0.717, 1.165) is 25.0 Å². The molecule has 1 aliphatic carbocycles. The molecule has 0 radical (unpaired) electrons. The van der Waals surface area contributed by atoms with Crippen LogP contribution in [0.5, 0.6) is 0 Å². The molecule has 1 aliphatic heterocycles. The van der Waals surface area contributed by atoms with E-state index in [1.54, 1.807) is 19.0 Å². The van der Waals surface area contributed by atoms with Crippen LogP contribution in [0.4, 0.5) is 0 Å². The molecule has 0 spiro atoms. The molecule has 1 N–H and O–H groups in total. The normalized spacial score (nSPS) is 27.4. The van der Waals surface area contributed by atoms with Gasteiger partial charge in [0.15, 0.2) is 5.96 Å². The fourth-order valence-corrected chi connectivity index (χ4v) is 2.39. The second-order valence-electron chi connectivity index (χ2n) is 6.54. The summed E-state index contributed by atoms with van der Waals surface area (Å²) in [5.41, 5.74) is 0. The van der Waals surface area contributed by atoms with Gasteiger partial charge in [0.2, 0.25) is 5.91 Å². The predicted molar refractivity (Wildman–Crippen MR) is 81.7 cm³/mol. The minimum atomic E-state index is 0.0542. The lowest BCUT2D eigenvalue weighted by atomic mass is 9.89. The first-order chi connectivity index (χ1) is 9.47. The average Bonchev–Trinajstić information content (AvgIpc) is 3.21. The van der Waals surface area contributed by atoms with E-state index in [1.807, 2.05) is 0 Å². The second kappa shape index (κ2) is 6.46. The number of nitrogens with one attached hydrogen (secondary N) is 1. The van der Waals surface area contributed by atoms with E-state index < -0.39 is 0 Å². The number of likely N-dealkylation sites (tertiary alicyclic amines) is 1. The molecule has 0 aromatic carbocycles. The van der Waals surface area contributed by atoms with E-state index in [4.69, 9.17) is 0 Å². The molecule has 5 heteroatoms. The van der Waals surface area contributed by atoms with E-state index in [0.29, 0.717) is 12.0 Å². The Bertz CT molecular complexity index is 376. The number of carbonyl (C=O) groups excluding carboxylic acids is 1. The molecule has 0 bridgehead atoms. The molecule has 2 atom stereocenters. The number of hydrogen-bond acceptors (Lipinski definition) is 2. The fourth-order valence-electron chi connectivity index (χ4n) is 2.39. The molecule has 114 valence electrons. The van der Waals surface area contributed by atoms with Gasteiger partial charge in [-0.25, -0.2) is 4.99 Å². The van der Waals surface area contributed by atoms with Crippen molar-refractivity contribution in [1.29, 1.82) is 0 Å². The number of amides is 1. The summed E-state index contributed by atoms with van der Waals surface area (Å²) in [5, 5.41) is 3.50. The second-order valence-corrected chi connectivity index (χ2v) is 6.54. The Kier molecular flexibility index (Phi) is 4.89. The van der Waals surface area contributed by atoms with Crippen molar-refractivity contribution < 1.29 is 4.79 Å². The molecular formula is C15H28N4O. The third-order valence-corrected chi connectivity index (χ3v) is 4.41. The van der Waals surface area contributed by atoms with E-state index >= 15 is 0 Å². The van der Waals surface area contributed by atoms with Crippen LogP contribution in [0.3, 0.4) is 0 Å². The van der Waals surface area contributed by atoms with Crippen LogP contribution in [0.15, 0.2) is 4.99 Å². The number of carbonyl (C=O) groups is 1. The van der Waals surface area contributed by atoms with Crippen LogP contribution in [-0.2, 0) is 4.79 Å². The maximum absolute atomic E-state index is 11.7. The van der Waals surface area contributed by atoms with Gasteiger partial charge < -0.3 is 15.1 Å². The zero-order chi connectivity index (χ0) is 14.7. The largest absolute Gasteiger partial charge is 0.353 e. The Morgan fingerprint density at radius 3 is 2.50 bits per heavy atom. The average molecular weight is 280 g/mol. The van der Waals surface area contributed by atoms with E-state index in [-0.39, 0.29) is 12.5 Å². The number of rotatable bonds is 3. The summed E-state index contributed by atoms with van der Waals surface area (Å²) in [5.74, 6) is 2.44. The highest BCUT2D eigenvalue weighted by Gasteiger charge is 2.29. The summed E-state index contributed by atoms with van der Waals surface area (Å²) >= 11 is 0. The molecule has 1 saturated carbocycles.